The summed E-state index contributed by atoms with van der Waals surface area (Å²) < 4.78 is 5.11. The number of amides is 4. The van der Waals surface area contributed by atoms with Crippen LogP contribution in [0.1, 0.15) is 48.5 Å². The average molecular weight is 425 g/mol. The molecule has 0 spiro atoms. The average Bonchev–Trinajstić information content (AvgIpc) is 3.16. The number of urea groups is 1. The van der Waals surface area contributed by atoms with Crippen LogP contribution in [-0.2, 0) is 16.1 Å². The maximum Gasteiger partial charge on any atom is 0.327 e. The van der Waals surface area contributed by atoms with Gasteiger partial charge in [-0.2, -0.15) is 4.98 Å². The van der Waals surface area contributed by atoms with Gasteiger partial charge in [-0.25, -0.2) is 4.79 Å². The van der Waals surface area contributed by atoms with Gasteiger partial charge in [-0.1, -0.05) is 30.1 Å². The van der Waals surface area contributed by atoms with E-state index in [1.165, 1.54) is 4.90 Å². The number of aromatic nitrogens is 2. The second kappa shape index (κ2) is 8.49. The number of fused-ring (bicyclic) bond motifs is 1. The molecule has 31 heavy (non-hydrogen) atoms. The molecule has 1 aromatic heterocycles. The van der Waals surface area contributed by atoms with Crippen LogP contribution in [0.15, 0.2) is 22.7 Å². The van der Waals surface area contributed by atoms with Gasteiger partial charge in [0.2, 0.25) is 17.7 Å². The van der Waals surface area contributed by atoms with Crippen molar-refractivity contribution in [2.75, 3.05) is 11.9 Å². The molecule has 2 aromatic rings. The van der Waals surface area contributed by atoms with Gasteiger partial charge in [0.25, 0.3) is 0 Å². The fourth-order valence-corrected chi connectivity index (χ4v) is 4.46. The van der Waals surface area contributed by atoms with Gasteiger partial charge in [0.05, 0.1) is 5.92 Å². The van der Waals surface area contributed by atoms with Gasteiger partial charge in [0.1, 0.15) is 13.1 Å². The lowest BCUT2D eigenvalue weighted by molar-refractivity contribution is -0.142. The summed E-state index contributed by atoms with van der Waals surface area (Å²) >= 11 is 0. The Kier molecular flexibility index (Phi) is 5.75. The molecule has 4 rings (SSSR count). The van der Waals surface area contributed by atoms with Gasteiger partial charge in [0, 0.05) is 11.7 Å². The Morgan fingerprint density at radius 2 is 1.97 bits per heavy atom. The molecule has 2 fully saturated rings. The van der Waals surface area contributed by atoms with E-state index >= 15 is 0 Å². The number of imide groups is 1. The first kappa shape index (κ1) is 21.0. The highest BCUT2D eigenvalue weighted by Gasteiger charge is 2.47. The molecule has 1 N–H and O–H groups in total. The van der Waals surface area contributed by atoms with Crippen LogP contribution in [0.25, 0.3) is 0 Å². The standard InChI is InChI=1S/C22H27N5O4/c1-13-7-6-9-17(14(13)2)24-19(28)11-26-18-10-5-4-8-16(18)21(29)27(22(26)30)12-20-23-15(3)25-31-20/h6-7,9,16,18H,4-5,8,10-12H2,1-3H3,(H,24,28). The van der Waals surface area contributed by atoms with E-state index < -0.39 is 6.03 Å². The van der Waals surface area contributed by atoms with E-state index in [-0.39, 0.29) is 42.8 Å². The molecule has 164 valence electrons. The molecule has 1 aromatic carbocycles. The maximum atomic E-state index is 13.3. The molecule has 0 radical (unpaired) electrons. The van der Waals surface area contributed by atoms with Crippen molar-refractivity contribution >= 4 is 23.5 Å². The predicted molar refractivity (Wildman–Crippen MR) is 112 cm³/mol. The summed E-state index contributed by atoms with van der Waals surface area (Å²) in [4.78, 5) is 46.0. The van der Waals surface area contributed by atoms with Gasteiger partial charge in [-0.05, 0) is 50.8 Å². The lowest BCUT2D eigenvalue weighted by atomic mass is 9.81. The Morgan fingerprint density at radius 1 is 1.19 bits per heavy atom. The molecule has 1 saturated heterocycles. The van der Waals surface area contributed by atoms with E-state index in [2.05, 4.69) is 15.5 Å². The van der Waals surface area contributed by atoms with E-state index in [1.54, 1.807) is 6.92 Å². The van der Waals surface area contributed by atoms with Gasteiger partial charge in [0.15, 0.2) is 5.82 Å². The first-order valence-electron chi connectivity index (χ1n) is 10.6. The van der Waals surface area contributed by atoms with Gasteiger partial charge in [-0.3, -0.25) is 14.5 Å². The highest BCUT2D eigenvalue weighted by atomic mass is 16.5. The maximum absolute atomic E-state index is 13.3. The fraction of sp³-hybridized carbons (Fsp3) is 0.500. The molecular weight excluding hydrogens is 398 g/mol. The molecule has 0 bridgehead atoms. The predicted octanol–water partition coefficient (Wildman–Crippen LogP) is 2.96. The van der Waals surface area contributed by atoms with Gasteiger partial charge < -0.3 is 14.7 Å². The minimum Gasteiger partial charge on any atom is -0.337 e. The number of benzene rings is 1. The zero-order valence-electron chi connectivity index (χ0n) is 18.1. The van der Waals surface area contributed by atoms with Crippen LogP contribution in [-0.4, -0.2) is 50.4 Å². The molecule has 1 aliphatic carbocycles. The summed E-state index contributed by atoms with van der Waals surface area (Å²) in [6.45, 7) is 5.40. The zero-order chi connectivity index (χ0) is 22.1. The normalized spacial score (nSPS) is 21.3. The third-order valence-electron chi connectivity index (χ3n) is 6.25. The summed E-state index contributed by atoms with van der Waals surface area (Å²) in [7, 11) is 0. The quantitative estimate of drug-likeness (QED) is 0.789. The van der Waals surface area contributed by atoms with Crippen LogP contribution in [0.3, 0.4) is 0 Å². The van der Waals surface area contributed by atoms with Crippen molar-refractivity contribution in [1.82, 2.24) is 19.9 Å². The molecular formula is C22H27N5O4. The Balaban J connectivity index is 1.55. The second-order valence-electron chi connectivity index (χ2n) is 8.32. The number of rotatable bonds is 5. The van der Waals surface area contributed by atoms with E-state index in [9.17, 15) is 14.4 Å². The summed E-state index contributed by atoms with van der Waals surface area (Å²) in [5, 5.41) is 6.65. The molecule has 2 atom stereocenters. The van der Waals surface area contributed by atoms with E-state index in [4.69, 9.17) is 4.52 Å². The number of carbonyl (C=O) groups excluding carboxylic acids is 3. The third-order valence-corrected chi connectivity index (χ3v) is 6.25. The topological polar surface area (TPSA) is 109 Å². The molecule has 2 aliphatic rings. The van der Waals surface area contributed by atoms with Crippen molar-refractivity contribution in [2.24, 2.45) is 5.92 Å². The largest absolute Gasteiger partial charge is 0.337 e. The highest BCUT2D eigenvalue weighted by Crippen LogP contribution is 2.35. The Morgan fingerprint density at radius 3 is 2.71 bits per heavy atom. The lowest BCUT2D eigenvalue weighted by Gasteiger charge is -2.46. The highest BCUT2D eigenvalue weighted by molar-refractivity contribution is 6.01. The number of nitrogens with zero attached hydrogens (tertiary/aromatic N) is 4. The first-order chi connectivity index (χ1) is 14.8. The SMILES string of the molecule is Cc1noc(CN2C(=O)C3CCCCC3N(CC(=O)Nc3cccc(C)c3C)C2=O)n1. The Hall–Kier alpha value is -3.23. The lowest BCUT2D eigenvalue weighted by Crippen LogP contribution is -2.63. The smallest absolute Gasteiger partial charge is 0.327 e. The van der Waals surface area contributed by atoms with E-state index in [0.29, 0.717) is 18.7 Å². The van der Waals surface area contributed by atoms with Crippen LogP contribution in [0.5, 0.6) is 0 Å². The molecule has 1 saturated carbocycles. The van der Waals surface area contributed by atoms with E-state index in [1.807, 2.05) is 32.0 Å². The summed E-state index contributed by atoms with van der Waals surface area (Å²) in [5.41, 5.74) is 2.79. The molecule has 4 amide bonds. The van der Waals surface area contributed by atoms with Crippen molar-refractivity contribution in [2.45, 2.75) is 59.0 Å². The number of hydrogen-bond donors (Lipinski definition) is 1. The van der Waals surface area contributed by atoms with Crippen LogP contribution in [0, 0.1) is 26.7 Å². The summed E-state index contributed by atoms with van der Waals surface area (Å²) in [6, 6.07) is 4.96. The van der Waals surface area contributed by atoms with Crippen LogP contribution in [0.4, 0.5) is 10.5 Å². The monoisotopic (exact) mass is 425 g/mol. The first-order valence-corrected chi connectivity index (χ1v) is 10.6. The number of aryl methyl sites for hydroxylation is 2. The molecule has 1 aliphatic heterocycles. The van der Waals surface area contributed by atoms with Gasteiger partial charge >= 0.3 is 6.03 Å². The van der Waals surface area contributed by atoms with Crippen molar-refractivity contribution in [3.63, 3.8) is 0 Å². The number of carbonyl (C=O) groups is 3. The van der Waals surface area contributed by atoms with E-state index in [0.717, 1.165) is 34.6 Å². The van der Waals surface area contributed by atoms with Crippen molar-refractivity contribution in [1.29, 1.82) is 0 Å². The number of anilines is 1. The Bertz CT molecular complexity index is 1020. The number of hydrogen-bond acceptors (Lipinski definition) is 6. The van der Waals surface area contributed by atoms with Crippen molar-refractivity contribution in [3.05, 3.63) is 41.0 Å². The third kappa shape index (κ3) is 4.17. The minimum atomic E-state index is -0.486. The Labute approximate surface area is 180 Å². The summed E-state index contributed by atoms with van der Waals surface area (Å²) in [6.07, 6.45) is 3.27. The second-order valence-corrected chi connectivity index (χ2v) is 8.32. The van der Waals surface area contributed by atoms with Crippen molar-refractivity contribution < 1.29 is 18.9 Å². The van der Waals surface area contributed by atoms with Crippen LogP contribution >= 0.6 is 0 Å². The van der Waals surface area contributed by atoms with Gasteiger partial charge in [-0.15, -0.1) is 0 Å². The molecule has 2 unspecified atom stereocenters. The van der Waals surface area contributed by atoms with Crippen molar-refractivity contribution in [3.8, 4) is 0 Å². The zero-order valence-corrected chi connectivity index (χ0v) is 18.1. The molecule has 9 nitrogen and oxygen atoms in total. The molecule has 2 heterocycles. The van der Waals surface area contributed by atoms with Crippen LogP contribution in [0.2, 0.25) is 0 Å². The minimum absolute atomic E-state index is 0.0865. The number of nitrogens with one attached hydrogen (secondary N) is 1. The molecule has 9 heteroatoms. The van der Waals surface area contributed by atoms with Crippen LogP contribution < -0.4 is 5.32 Å². The summed E-state index contributed by atoms with van der Waals surface area (Å²) in [5.74, 6) is -0.185. The fourth-order valence-electron chi connectivity index (χ4n) is 4.46.